The third-order valence-corrected chi connectivity index (χ3v) is 5.74. The Morgan fingerprint density at radius 3 is 2.12 bits per heavy atom. The summed E-state index contributed by atoms with van der Waals surface area (Å²) < 4.78 is 0. The van der Waals surface area contributed by atoms with Crippen LogP contribution in [0.4, 0.5) is 0 Å². The summed E-state index contributed by atoms with van der Waals surface area (Å²) in [5, 5.41) is 2.91. The summed E-state index contributed by atoms with van der Waals surface area (Å²) in [4.78, 5) is 25.9. The molecule has 3 aromatic rings. The van der Waals surface area contributed by atoms with Crippen molar-refractivity contribution in [1.82, 2.24) is 5.32 Å². The van der Waals surface area contributed by atoms with E-state index in [1.54, 1.807) is 0 Å². The number of amides is 1. The fourth-order valence-corrected chi connectivity index (χ4v) is 3.83. The van der Waals surface area contributed by atoms with E-state index in [9.17, 15) is 9.59 Å². The molecule has 0 saturated carbocycles. The average molecular weight is 444 g/mol. The Labute approximate surface area is 196 Å². The molecule has 3 rings (SSSR count). The molecule has 0 aliphatic carbocycles. The summed E-state index contributed by atoms with van der Waals surface area (Å²) in [6, 6.07) is 26.8. The highest BCUT2D eigenvalue weighted by Crippen LogP contribution is 2.21. The second-order valence-corrected chi connectivity index (χ2v) is 8.33. The summed E-state index contributed by atoms with van der Waals surface area (Å²) in [5.74, 6) is -0.316. The summed E-state index contributed by atoms with van der Waals surface area (Å²) in [5.41, 5.74) is 15.8. The lowest BCUT2D eigenvalue weighted by atomic mass is 9.95. The number of carbonyl (C=O) groups excluding carboxylic acids is 2. The third kappa shape index (κ3) is 7.67. The molecule has 2 atom stereocenters. The first-order valence-electron chi connectivity index (χ1n) is 11.5. The van der Waals surface area contributed by atoms with Crippen molar-refractivity contribution >= 4 is 11.7 Å². The molecule has 5 N–H and O–H groups in total. The van der Waals surface area contributed by atoms with Gasteiger partial charge in [-0.25, -0.2) is 0 Å². The van der Waals surface area contributed by atoms with Crippen LogP contribution in [0.25, 0.3) is 11.1 Å². The van der Waals surface area contributed by atoms with Crippen LogP contribution < -0.4 is 16.8 Å². The molecule has 0 radical (unpaired) electrons. The van der Waals surface area contributed by atoms with Gasteiger partial charge in [-0.3, -0.25) is 9.59 Å². The number of aryl methyl sites for hydroxylation is 1. The Kier molecular flexibility index (Phi) is 9.36. The minimum atomic E-state index is -0.665. The number of hydrogen-bond acceptors (Lipinski definition) is 4. The van der Waals surface area contributed by atoms with Crippen molar-refractivity contribution in [2.45, 2.75) is 44.2 Å². The number of rotatable bonds is 12. The molecule has 5 nitrogen and oxygen atoms in total. The maximum atomic E-state index is 13.3. The molecule has 33 heavy (non-hydrogen) atoms. The van der Waals surface area contributed by atoms with E-state index < -0.39 is 12.1 Å². The van der Waals surface area contributed by atoms with Gasteiger partial charge in [-0.1, -0.05) is 84.9 Å². The van der Waals surface area contributed by atoms with Gasteiger partial charge in [0, 0.05) is 6.42 Å². The van der Waals surface area contributed by atoms with Gasteiger partial charge < -0.3 is 16.8 Å². The molecule has 0 spiro atoms. The van der Waals surface area contributed by atoms with Gasteiger partial charge in [-0.15, -0.1) is 0 Å². The van der Waals surface area contributed by atoms with Crippen LogP contribution in [0.3, 0.4) is 0 Å². The third-order valence-electron chi connectivity index (χ3n) is 5.74. The molecular weight excluding hydrogens is 410 g/mol. The van der Waals surface area contributed by atoms with Gasteiger partial charge in [0.15, 0.2) is 5.78 Å². The quantitative estimate of drug-likeness (QED) is 0.398. The molecule has 3 aromatic carbocycles. The normalized spacial score (nSPS) is 12.7. The van der Waals surface area contributed by atoms with Crippen molar-refractivity contribution in [3.8, 4) is 11.1 Å². The summed E-state index contributed by atoms with van der Waals surface area (Å²) in [7, 11) is 0. The zero-order valence-corrected chi connectivity index (χ0v) is 19.0. The Morgan fingerprint density at radius 1 is 0.788 bits per heavy atom. The second kappa shape index (κ2) is 12.7. The fourth-order valence-electron chi connectivity index (χ4n) is 3.83. The number of benzene rings is 3. The monoisotopic (exact) mass is 443 g/mol. The predicted molar refractivity (Wildman–Crippen MR) is 134 cm³/mol. The molecule has 0 aromatic heterocycles. The highest BCUT2D eigenvalue weighted by Gasteiger charge is 2.23. The number of nitrogens with one attached hydrogen (secondary N) is 1. The summed E-state index contributed by atoms with van der Waals surface area (Å²) >= 11 is 0. The molecule has 0 heterocycles. The van der Waals surface area contributed by atoms with Gasteiger partial charge in [0.1, 0.15) is 0 Å². The standard InChI is InChI=1S/C28H33N3O2/c29-18-8-15-25(30)28(33)31-26(17-16-21-9-3-1-4-10-21)27(32)20-22-11-7-14-24(19-22)23-12-5-2-6-13-23/h1-7,9-14,19,25-26H,8,15-18,20,29-30H2,(H,31,33)/t25-,26+/m0/s1. The van der Waals surface area contributed by atoms with Crippen LogP contribution in [0.2, 0.25) is 0 Å². The van der Waals surface area contributed by atoms with Gasteiger partial charge >= 0.3 is 0 Å². The number of ketones is 1. The van der Waals surface area contributed by atoms with E-state index in [2.05, 4.69) is 5.32 Å². The SMILES string of the molecule is NCCC[C@H](N)C(=O)N[C@H](CCc1ccccc1)C(=O)Cc1cccc(-c2ccccc2)c1. The van der Waals surface area contributed by atoms with Crippen molar-refractivity contribution in [2.75, 3.05) is 6.54 Å². The lowest BCUT2D eigenvalue weighted by Gasteiger charge is -2.20. The first-order chi connectivity index (χ1) is 16.1. The minimum absolute atomic E-state index is 0.0180. The molecule has 0 fully saturated rings. The fraction of sp³-hybridized carbons (Fsp3) is 0.286. The highest BCUT2D eigenvalue weighted by atomic mass is 16.2. The van der Waals surface area contributed by atoms with Crippen LogP contribution in [0.1, 0.15) is 30.4 Å². The maximum Gasteiger partial charge on any atom is 0.237 e. The zero-order chi connectivity index (χ0) is 23.5. The number of carbonyl (C=O) groups is 2. The molecule has 0 unspecified atom stereocenters. The molecule has 0 bridgehead atoms. The predicted octanol–water partition coefficient (Wildman–Crippen LogP) is 3.65. The van der Waals surface area contributed by atoms with Gasteiger partial charge in [0.2, 0.25) is 5.91 Å². The Balaban J connectivity index is 1.71. The first-order valence-corrected chi connectivity index (χ1v) is 11.5. The molecule has 1 amide bonds. The summed E-state index contributed by atoms with van der Waals surface area (Å²) in [6.07, 6.45) is 2.64. The smallest absolute Gasteiger partial charge is 0.237 e. The largest absolute Gasteiger partial charge is 0.345 e. The Bertz CT molecular complexity index is 1020. The summed E-state index contributed by atoms with van der Waals surface area (Å²) in [6.45, 7) is 0.481. The van der Waals surface area contributed by atoms with Gasteiger partial charge in [-0.2, -0.15) is 0 Å². The highest BCUT2D eigenvalue weighted by molar-refractivity contribution is 5.92. The maximum absolute atomic E-state index is 13.3. The van der Waals surface area contributed by atoms with Gasteiger partial charge in [0.05, 0.1) is 12.1 Å². The van der Waals surface area contributed by atoms with Crippen molar-refractivity contribution in [3.05, 3.63) is 96.1 Å². The Hall–Kier alpha value is -3.28. The van der Waals surface area contributed by atoms with E-state index in [1.165, 1.54) is 0 Å². The lowest BCUT2D eigenvalue weighted by molar-refractivity contribution is -0.128. The van der Waals surface area contributed by atoms with Crippen molar-refractivity contribution in [3.63, 3.8) is 0 Å². The second-order valence-electron chi connectivity index (χ2n) is 8.33. The van der Waals surface area contributed by atoms with Crippen LogP contribution in [0.15, 0.2) is 84.9 Å². The van der Waals surface area contributed by atoms with E-state index in [4.69, 9.17) is 11.5 Å². The molecule has 172 valence electrons. The topological polar surface area (TPSA) is 98.2 Å². The van der Waals surface area contributed by atoms with Crippen molar-refractivity contribution in [2.24, 2.45) is 11.5 Å². The Morgan fingerprint density at radius 2 is 1.42 bits per heavy atom. The molecule has 5 heteroatoms. The van der Waals surface area contributed by atoms with Crippen LogP contribution >= 0.6 is 0 Å². The first kappa shape index (κ1) is 24.4. The van der Waals surface area contributed by atoms with E-state index in [0.717, 1.165) is 22.3 Å². The van der Waals surface area contributed by atoms with Gasteiger partial charge in [-0.05, 0) is 54.5 Å². The lowest BCUT2D eigenvalue weighted by Crippen LogP contribution is -2.49. The number of hydrogen-bond donors (Lipinski definition) is 3. The molecular formula is C28H33N3O2. The molecule has 0 aliphatic heterocycles. The van der Waals surface area contributed by atoms with E-state index in [1.807, 2.05) is 84.9 Å². The zero-order valence-electron chi connectivity index (χ0n) is 19.0. The average Bonchev–Trinajstić information content (AvgIpc) is 2.86. The number of nitrogens with two attached hydrogens (primary N) is 2. The van der Waals surface area contributed by atoms with E-state index in [0.29, 0.717) is 32.2 Å². The number of Topliss-reactive ketones (excluding diaryl/α,β-unsaturated/α-hetero) is 1. The molecule has 0 aliphatic rings. The minimum Gasteiger partial charge on any atom is -0.345 e. The van der Waals surface area contributed by atoms with E-state index in [-0.39, 0.29) is 18.1 Å². The van der Waals surface area contributed by atoms with Crippen LogP contribution in [0, 0.1) is 0 Å². The van der Waals surface area contributed by atoms with E-state index >= 15 is 0 Å². The van der Waals surface area contributed by atoms with Crippen LogP contribution in [0.5, 0.6) is 0 Å². The molecule has 0 saturated heterocycles. The van der Waals surface area contributed by atoms with Crippen LogP contribution in [-0.2, 0) is 22.4 Å². The van der Waals surface area contributed by atoms with Crippen molar-refractivity contribution < 1.29 is 9.59 Å². The van der Waals surface area contributed by atoms with Crippen LogP contribution in [-0.4, -0.2) is 30.3 Å². The van der Waals surface area contributed by atoms with Crippen molar-refractivity contribution in [1.29, 1.82) is 0 Å². The van der Waals surface area contributed by atoms with Gasteiger partial charge in [0.25, 0.3) is 0 Å².